The number of carbonyl (C=O) groups is 3. The van der Waals surface area contributed by atoms with E-state index in [4.69, 9.17) is 11.5 Å². The van der Waals surface area contributed by atoms with Crippen molar-refractivity contribution >= 4 is 23.6 Å². The molecule has 1 heterocycles. The van der Waals surface area contributed by atoms with Gasteiger partial charge in [-0.1, -0.05) is 65.0 Å². The van der Waals surface area contributed by atoms with Crippen LogP contribution in [0.5, 0.6) is 5.75 Å². The molecule has 0 bridgehead atoms. The quantitative estimate of drug-likeness (QED) is 0.231. The number of carbonyl (C=O) groups excluding carboxylic acids is 2. The minimum Gasteiger partial charge on any atom is -0.508 e. The van der Waals surface area contributed by atoms with Crippen LogP contribution in [0.2, 0.25) is 0 Å². The van der Waals surface area contributed by atoms with Crippen molar-refractivity contribution in [1.29, 1.82) is 0 Å². The van der Waals surface area contributed by atoms with E-state index in [0.29, 0.717) is 12.2 Å². The molecule has 3 aromatic rings. The van der Waals surface area contributed by atoms with Gasteiger partial charge in [0.05, 0.1) is 12.1 Å². The number of rotatable bonds is 10. The first-order valence-corrected chi connectivity index (χ1v) is 14.3. The van der Waals surface area contributed by atoms with Crippen molar-refractivity contribution in [2.75, 3.05) is 12.4 Å². The molecular formula is C33H44FN5O5. The van der Waals surface area contributed by atoms with Gasteiger partial charge in [-0.15, -0.1) is 0 Å². The summed E-state index contributed by atoms with van der Waals surface area (Å²) in [6.45, 7) is 9.54. The number of aromatic hydroxyl groups is 1. The SMILES string of the molecule is CC(C)(C)c1cc(CC(N)C(=O)Nc2ccccn2)ccc1O.CC(C)C(C(=O)O)N(C)C(=O)C(N)Cc1ccc(F)cc1. The summed E-state index contributed by atoms with van der Waals surface area (Å²) in [6, 6.07) is 13.9. The summed E-state index contributed by atoms with van der Waals surface area (Å²) >= 11 is 0. The summed E-state index contributed by atoms with van der Waals surface area (Å²) in [5.74, 6) is -1.64. The Bertz CT molecular complexity index is 1390. The molecule has 2 aromatic carbocycles. The van der Waals surface area contributed by atoms with Gasteiger partial charge < -0.3 is 31.9 Å². The number of benzene rings is 2. The van der Waals surface area contributed by atoms with E-state index in [9.17, 15) is 29.0 Å². The molecule has 0 spiro atoms. The van der Waals surface area contributed by atoms with Crippen molar-refractivity contribution < 1.29 is 29.0 Å². The summed E-state index contributed by atoms with van der Waals surface area (Å²) in [7, 11) is 1.44. The van der Waals surface area contributed by atoms with E-state index in [2.05, 4.69) is 10.3 Å². The van der Waals surface area contributed by atoms with Crippen LogP contribution in [0.3, 0.4) is 0 Å². The molecule has 0 aliphatic heterocycles. The van der Waals surface area contributed by atoms with E-state index in [-0.39, 0.29) is 35.2 Å². The lowest BCUT2D eigenvalue weighted by Gasteiger charge is -2.29. The lowest BCUT2D eigenvalue weighted by Crippen LogP contribution is -2.52. The summed E-state index contributed by atoms with van der Waals surface area (Å²) in [5.41, 5.74) is 14.1. The van der Waals surface area contributed by atoms with Crippen molar-refractivity contribution in [1.82, 2.24) is 9.88 Å². The molecule has 44 heavy (non-hydrogen) atoms. The van der Waals surface area contributed by atoms with Gasteiger partial charge in [0.2, 0.25) is 11.8 Å². The molecule has 3 unspecified atom stereocenters. The van der Waals surface area contributed by atoms with E-state index in [0.717, 1.165) is 16.7 Å². The van der Waals surface area contributed by atoms with Crippen LogP contribution in [0.15, 0.2) is 66.9 Å². The number of hydrogen-bond donors (Lipinski definition) is 5. The molecule has 3 rings (SSSR count). The molecule has 1 aromatic heterocycles. The fourth-order valence-electron chi connectivity index (χ4n) is 4.57. The number of phenolic OH excluding ortho intramolecular Hbond substituents is 1. The summed E-state index contributed by atoms with van der Waals surface area (Å²) in [6.07, 6.45) is 2.23. The fraction of sp³-hybridized carbons (Fsp3) is 0.394. The van der Waals surface area contributed by atoms with Crippen LogP contribution in [0, 0.1) is 11.7 Å². The number of nitrogens with two attached hydrogens (primary N) is 2. The predicted molar refractivity (Wildman–Crippen MR) is 168 cm³/mol. The molecule has 0 saturated carbocycles. The van der Waals surface area contributed by atoms with Gasteiger partial charge in [0.25, 0.3) is 0 Å². The van der Waals surface area contributed by atoms with Crippen LogP contribution in [-0.2, 0) is 32.6 Å². The number of nitrogens with zero attached hydrogens (tertiary/aromatic N) is 2. The highest BCUT2D eigenvalue weighted by atomic mass is 19.1. The monoisotopic (exact) mass is 609 g/mol. The Hall–Kier alpha value is -4.35. The Morgan fingerprint density at radius 1 is 0.955 bits per heavy atom. The van der Waals surface area contributed by atoms with Crippen molar-refractivity contribution in [3.8, 4) is 5.75 Å². The van der Waals surface area contributed by atoms with Gasteiger partial charge >= 0.3 is 5.97 Å². The van der Waals surface area contributed by atoms with Gasteiger partial charge in [0, 0.05) is 13.2 Å². The van der Waals surface area contributed by atoms with Crippen molar-refractivity contribution in [2.45, 2.75) is 71.0 Å². The van der Waals surface area contributed by atoms with E-state index < -0.39 is 30.0 Å². The Labute approximate surface area is 258 Å². The van der Waals surface area contributed by atoms with Gasteiger partial charge in [-0.3, -0.25) is 9.59 Å². The van der Waals surface area contributed by atoms with Gasteiger partial charge in [-0.05, 0) is 71.2 Å². The zero-order valence-electron chi connectivity index (χ0n) is 26.1. The first kappa shape index (κ1) is 35.8. The molecule has 0 aliphatic rings. The minimum absolute atomic E-state index is 0.180. The second kappa shape index (κ2) is 15.9. The molecule has 7 N–H and O–H groups in total. The number of carboxylic acids is 1. The third kappa shape index (κ3) is 10.7. The minimum atomic E-state index is -1.06. The Morgan fingerprint density at radius 2 is 1.55 bits per heavy atom. The maximum Gasteiger partial charge on any atom is 0.326 e. The Kier molecular flexibility index (Phi) is 13.0. The van der Waals surface area contributed by atoms with Gasteiger partial charge in [0.1, 0.15) is 23.4 Å². The number of halogens is 1. The number of pyridine rings is 1. The Morgan fingerprint density at radius 3 is 2.07 bits per heavy atom. The highest BCUT2D eigenvalue weighted by Gasteiger charge is 2.32. The molecule has 0 radical (unpaired) electrons. The smallest absolute Gasteiger partial charge is 0.326 e. The Balaban J connectivity index is 0.000000308. The second-order valence-electron chi connectivity index (χ2n) is 12.0. The van der Waals surface area contributed by atoms with E-state index in [1.54, 1.807) is 62.5 Å². The topological polar surface area (TPSA) is 172 Å². The standard InChI is InChI=1S/C18H23N3O2.C15H21FN2O3/c1-18(2,3)13-10-12(7-8-15(13)22)11-14(19)17(23)21-16-6-4-5-9-20-16;1-9(2)13(15(20)21)18(3)14(19)12(17)8-10-4-6-11(16)7-5-10/h4-10,14,22H,11,19H2,1-3H3,(H,20,21,23);4-7,9,12-13H,8,17H2,1-3H3,(H,20,21). The molecule has 0 aliphatic carbocycles. The zero-order chi connectivity index (χ0) is 33.2. The summed E-state index contributed by atoms with van der Waals surface area (Å²) in [5, 5.41) is 21.9. The fourth-order valence-corrected chi connectivity index (χ4v) is 4.57. The maximum atomic E-state index is 12.8. The number of aromatic nitrogens is 1. The zero-order valence-corrected chi connectivity index (χ0v) is 26.1. The van der Waals surface area contributed by atoms with Gasteiger partial charge in [-0.25, -0.2) is 14.2 Å². The first-order chi connectivity index (χ1) is 20.5. The average molecular weight is 610 g/mol. The van der Waals surface area contributed by atoms with Crippen LogP contribution in [0.1, 0.15) is 51.3 Å². The third-order valence-corrected chi connectivity index (χ3v) is 6.91. The molecule has 0 saturated heterocycles. The van der Waals surface area contributed by atoms with Gasteiger partial charge in [-0.2, -0.15) is 0 Å². The van der Waals surface area contributed by atoms with Crippen LogP contribution in [-0.4, -0.2) is 63.1 Å². The van der Waals surface area contributed by atoms with E-state index in [1.165, 1.54) is 24.1 Å². The van der Waals surface area contributed by atoms with Crippen molar-refractivity contribution in [3.63, 3.8) is 0 Å². The molecule has 10 nitrogen and oxygen atoms in total. The lowest BCUT2D eigenvalue weighted by molar-refractivity contribution is -0.151. The van der Waals surface area contributed by atoms with E-state index in [1.807, 2.05) is 26.8 Å². The molecule has 238 valence electrons. The maximum absolute atomic E-state index is 12.8. The molecule has 11 heteroatoms. The van der Waals surface area contributed by atoms with Crippen LogP contribution in [0.25, 0.3) is 0 Å². The predicted octanol–water partition coefficient (Wildman–Crippen LogP) is 3.86. The third-order valence-electron chi connectivity index (χ3n) is 6.91. The number of likely N-dealkylation sites (N-methyl/N-ethyl adjacent to an activating group) is 1. The lowest BCUT2D eigenvalue weighted by atomic mass is 9.85. The normalized spacial score (nSPS) is 13.2. The highest BCUT2D eigenvalue weighted by molar-refractivity contribution is 5.94. The summed E-state index contributed by atoms with van der Waals surface area (Å²) < 4.78 is 12.8. The summed E-state index contributed by atoms with van der Waals surface area (Å²) in [4.78, 5) is 40.8. The molecule has 2 amide bonds. The highest BCUT2D eigenvalue weighted by Crippen LogP contribution is 2.31. The average Bonchev–Trinajstić information content (AvgIpc) is 2.94. The largest absolute Gasteiger partial charge is 0.508 e. The first-order valence-electron chi connectivity index (χ1n) is 14.3. The number of nitrogens with one attached hydrogen (secondary N) is 1. The van der Waals surface area contributed by atoms with E-state index >= 15 is 0 Å². The van der Waals surface area contributed by atoms with Crippen LogP contribution < -0.4 is 16.8 Å². The number of carboxylic acid groups (broad SMARTS) is 1. The van der Waals surface area contributed by atoms with Gasteiger partial charge in [0.15, 0.2) is 0 Å². The molecule has 0 fully saturated rings. The number of aliphatic carboxylic acids is 1. The molecule has 3 atom stereocenters. The number of amides is 2. The second-order valence-corrected chi connectivity index (χ2v) is 12.0. The number of anilines is 1. The van der Waals surface area contributed by atoms with Crippen molar-refractivity contribution in [2.24, 2.45) is 17.4 Å². The molecular weight excluding hydrogens is 565 g/mol. The number of hydrogen-bond acceptors (Lipinski definition) is 7. The van der Waals surface area contributed by atoms with Crippen molar-refractivity contribution in [3.05, 3.63) is 89.4 Å². The van der Waals surface area contributed by atoms with Crippen LogP contribution >= 0.6 is 0 Å². The number of phenols is 1. The van der Waals surface area contributed by atoms with Crippen LogP contribution in [0.4, 0.5) is 10.2 Å².